The van der Waals surface area contributed by atoms with E-state index in [-0.39, 0.29) is 6.42 Å². The van der Waals surface area contributed by atoms with E-state index in [0.29, 0.717) is 41.7 Å². The third-order valence-corrected chi connectivity index (χ3v) is 7.11. The number of rotatable bonds is 14. The number of nitrogens with two attached hydrogens (primary N) is 3. The van der Waals surface area contributed by atoms with Crippen LogP contribution in [0.4, 0.5) is 18.9 Å². The van der Waals surface area contributed by atoms with Crippen LogP contribution < -0.4 is 27.8 Å². The predicted octanol–water partition coefficient (Wildman–Crippen LogP) is 2.39. The van der Waals surface area contributed by atoms with Gasteiger partial charge in [0, 0.05) is 36.8 Å². The number of carbonyl (C=O) groups is 2. The number of anilines is 1. The van der Waals surface area contributed by atoms with Gasteiger partial charge in [-0.2, -0.15) is 13.2 Å². The molecule has 0 spiro atoms. The van der Waals surface area contributed by atoms with Crippen molar-refractivity contribution in [2.24, 2.45) is 17.2 Å². The highest BCUT2D eigenvalue weighted by atomic mass is 19.4. The van der Waals surface area contributed by atoms with Crippen LogP contribution in [0, 0.1) is 0 Å². The molecule has 0 saturated carbocycles. The first-order valence-corrected chi connectivity index (χ1v) is 13.6. The van der Waals surface area contributed by atoms with Crippen LogP contribution in [0.15, 0.2) is 60.8 Å². The summed E-state index contributed by atoms with van der Waals surface area (Å²) >= 11 is 0. The number of nitrogens with zero attached hydrogens (tertiary/aromatic N) is 2. The summed E-state index contributed by atoms with van der Waals surface area (Å²) in [6, 6.07) is 11.4. The number of fused-ring (bicyclic) bond motifs is 1. The minimum Gasteiger partial charge on any atom is -0.343 e. The zero-order valence-electron chi connectivity index (χ0n) is 23.2. The zero-order valence-corrected chi connectivity index (χ0v) is 23.2. The van der Waals surface area contributed by atoms with E-state index in [1.165, 1.54) is 12.1 Å². The van der Waals surface area contributed by atoms with Crippen LogP contribution in [-0.4, -0.2) is 73.1 Å². The number of quaternary nitrogens is 1. The quantitative estimate of drug-likeness (QED) is 0.187. The Morgan fingerprint density at radius 2 is 1.66 bits per heavy atom. The van der Waals surface area contributed by atoms with Crippen molar-refractivity contribution in [3.63, 3.8) is 0 Å². The average molecular weight is 575 g/mol. The largest absolute Gasteiger partial charge is 0.416 e. The fraction of sp³-hybridized carbons (Fsp3) is 0.414. The lowest BCUT2D eigenvalue weighted by Gasteiger charge is -2.34. The van der Waals surface area contributed by atoms with E-state index < -0.39 is 35.6 Å². The molecule has 8 N–H and O–H groups in total. The van der Waals surface area contributed by atoms with Crippen molar-refractivity contribution in [1.82, 2.24) is 10.3 Å². The number of likely N-dealkylation sites (N-methyl/N-ethyl adjacent to an activating group) is 1. The third kappa shape index (κ3) is 9.49. The maximum Gasteiger partial charge on any atom is 0.416 e. The van der Waals surface area contributed by atoms with Crippen LogP contribution in [0.25, 0.3) is 10.9 Å². The molecule has 2 amide bonds. The Morgan fingerprint density at radius 1 is 0.976 bits per heavy atom. The van der Waals surface area contributed by atoms with Gasteiger partial charge in [0.25, 0.3) is 0 Å². The number of benzene rings is 2. The molecule has 0 radical (unpaired) electrons. The normalized spacial score (nSPS) is 13.5. The first-order chi connectivity index (χ1) is 19.4. The Morgan fingerprint density at radius 3 is 2.29 bits per heavy atom. The van der Waals surface area contributed by atoms with Crippen molar-refractivity contribution in [2.45, 2.75) is 37.5 Å². The minimum atomic E-state index is -4.48. The molecule has 1 unspecified atom stereocenters. The summed E-state index contributed by atoms with van der Waals surface area (Å²) in [6.07, 6.45) is -1.83. The topological polar surface area (TPSA) is 149 Å². The molecule has 3 aromatic rings. The summed E-state index contributed by atoms with van der Waals surface area (Å²) in [5.41, 5.74) is 18.6. The standard InChI is InChI=1S/C29H38F3N7O2/c1-39(16-12-33,17-13-34)15-3-5-24(35)27(40)38-26(18-20-6-8-22(9-7-20)29(30,31)32)28(41)37-23-10-11-25-21(19-23)4-2-14-36-25/h2,4,6-11,14,19,24,26H,3,5,12-13,15-18,33-35H2,1H3,(H-,37,38,40,41)/p+1/t24?,26-/m0/s1. The Labute approximate surface area is 237 Å². The van der Waals surface area contributed by atoms with Crippen LogP contribution in [0.3, 0.4) is 0 Å². The molecule has 0 aliphatic carbocycles. The van der Waals surface area contributed by atoms with Gasteiger partial charge < -0.3 is 32.3 Å². The van der Waals surface area contributed by atoms with Gasteiger partial charge in [-0.3, -0.25) is 14.6 Å². The Balaban J connectivity index is 1.72. The van der Waals surface area contributed by atoms with E-state index in [0.717, 1.165) is 42.7 Å². The van der Waals surface area contributed by atoms with Gasteiger partial charge >= 0.3 is 6.18 Å². The Kier molecular flexibility index (Phi) is 11.2. The van der Waals surface area contributed by atoms with Crippen molar-refractivity contribution in [1.29, 1.82) is 0 Å². The second kappa shape index (κ2) is 14.4. The number of amides is 2. The molecule has 3 rings (SSSR count). The third-order valence-electron chi connectivity index (χ3n) is 7.11. The lowest BCUT2D eigenvalue weighted by molar-refractivity contribution is -0.907. The molecule has 1 heterocycles. The van der Waals surface area contributed by atoms with Gasteiger partial charge in [0.15, 0.2) is 0 Å². The first-order valence-electron chi connectivity index (χ1n) is 13.6. The highest BCUT2D eigenvalue weighted by Gasteiger charge is 2.31. The summed E-state index contributed by atoms with van der Waals surface area (Å²) in [4.78, 5) is 30.6. The molecule has 1 aromatic heterocycles. The summed E-state index contributed by atoms with van der Waals surface area (Å²) in [5, 5.41) is 6.32. The first kappa shape index (κ1) is 31.9. The van der Waals surface area contributed by atoms with Crippen LogP contribution in [-0.2, 0) is 22.2 Å². The summed E-state index contributed by atoms with van der Waals surface area (Å²) < 4.78 is 39.8. The number of nitrogens with one attached hydrogen (secondary N) is 2. The number of pyridine rings is 1. The molecule has 0 fully saturated rings. The van der Waals surface area contributed by atoms with Crippen LogP contribution in [0.2, 0.25) is 0 Å². The van der Waals surface area contributed by atoms with E-state index in [4.69, 9.17) is 17.2 Å². The highest BCUT2D eigenvalue weighted by molar-refractivity contribution is 5.99. The monoisotopic (exact) mass is 574 g/mol. The van der Waals surface area contributed by atoms with Gasteiger partial charge in [-0.1, -0.05) is 18.2 Å². The number of alkyl halides is 3. The molecule has 222 valence electrons. The second-order valence-corrected chi connectivity index (χ2v) is 10.5. The van der Waals surface area contributed by atoms with E-state index in [1.54, 1.807) is 30.5 Å². The van der Waals surface area contributed by atoms with Crippen molar-refractivity contribution in [3.8, 4) is 0 Å². The van der Waals surface area contributed by atoms with Gasteiger partial charge in [0.1, 0.15) is 6.04 Å². The van der Waals surface area contributed by atoms with E-state index in [9.17, 15) is 22.8 Å². The number of carbonyl (C=O) groups excluding carboxylic acids is 2. The number of hydrogen-bond acceptors (Lipinski definition) is 6. The van der Waals surface area contributed by atoms with Crippen LogP contribution >= 0.6 is 0 Å². The Bertz CT molecular complexity index is 1300. The zero-order chi connectivity index (χ0) is 30.0. The fourth-order valence-electron chi connectivity index (χ4n) is 4.72. The maximum atomic E-state index is 13.3. The molecular weight excluding hydrogens is 535 g/mol. The van der Waals surface area contributed by atoms with Crippen LogP contribution in [0.1, 0.15) is 24.0 Å². The van der Waals surface area contributed by atoms with Crippen LogP contribution in [0.5, 0.6) is 0 Å². The Hall–Kier alpha value is -3.58. The SMILES string of the molecule is C[N+](CCN)(CCN)CCCC(N)C(=O)N[C@@H](Cc1ccc(C(F)(F)F)cc1)C(=O)Nc1ccc2ncccc2c1. The summed E-state index contributed by atoms with van der Waals surface area (Å²) in [7, 11) is 2.05. The second-order valence-electron chi connectivity index (χ2n) is 10.5. The van der Waals surface area contributed by atoms with E-state index in [1.807, 2.05) is 6.07 Å². The summed E-state index contributed by atoms with van der Waals surface area (Å²) in [5.74, 6) is -1.05. The number of aromatic nitrogens is 1. The van der Waals surface area contributed by atoms with Gasteiger partial charge in [-0.15, -0.1) is 0 Å². The molecule has 12 heteroatoms. The average Bonchev–Trinajstić information content (AvgIpc) is 2.92. The highest BCUT2D eigenvalue weighted by Crippen LogP contribution is 2.29. The molecule has 2 atom stereocenters. The minimum absolute atomic E-state index is 0.0282. The number of hydrogen-bond donors (Lipinski definition) is 5. The van der Waals surface area contributed by atoms with E-state index in [2.05, 4.69) is 22.7 Å². The smallest absolute Gasteiger partial charge is 0.343 e. The van der Waals surface area contributed by atoms with Crippen molar-refractivity contribution < 1.29 is 27.2 Å². The molecular formula is C29H39F3N7O2+. The van der Waals surface area contributed by atoms with Gasteiger partial charge in [0.05, 0.1) is 43.8 Å². The van der Waals surface area contributed by atoms with Gasteiger partial charge in [-0.25, -0.2) is 0 Å². The fourth-order valence-corrected chi connectivity index (χ4v) is 4.72. The molecule has 9 nitrogen and oxygen atoms in total. The predicted molar refractivity (Wildman–Crippen MR) is 154 cm³/mol. The molecule has 0 bridgehead atoms. The molecule has 0 aliphatic heterocycles. The van der Waals surface area contributed by atoms with Gasteiger partial charge in [-0.05, 0) is 54.8 Å². The molecule has 0 saturated heterocycles. The van der Waals surface area contributed by atoms with Crippen molar-refractivity contribution in [2.75, 3.05) is 45.1 Å². The van der Waals surface area contributed by atoms with Gasteiger partial charge in [0.2, 0.25) is 11.8 Å². The number of halogens is 3. The molecule has 0 aliphatic rings. The lowest BCUT2D eigenvalue weighted by Crippen LogP contribution is -2.52. The van der Waals surface area contributed by atoms with E-state index >= 15 is 0 Å². The summed E-state index contributed by atoms with van der Waals surface area (Å²) in [6.45, 7) is 3.26. The lowest BCUT2D eigenvalue weighted by atomic mass is 10.0. The van der Waals surface area contributed by atoms with Crippen molar-refractivity contribution in [3.05, 3.63) is 71.9 Å². The van der Waals surface area contributed by atoms with Crippen molar-refractivity contribution >= 4 is 28.4 Å². The molecule has 2 aromatic carbocycles. The maximum absolute atomic E-state index is 13.3. The molecule has 41 heavy (non-hydrogen) atoms.